The second kappa shape index (κ2) is 12.0. The number of hydrogen-bond donors (Lipinski definition) is 3. The lowest BCUT2D eigenvalue weighted by Crippen LogP contribution is -2.48. The summed E-state index contributed by atoms with van der Waals surface area (Å²) >= 11 is 0. The van der Waals surface area contributed by atoms with Crippen LogP contribution < -0.4 is 16.0 Å². The first-order valence-corrected chi connectivity index (χ1v) is 7.30. The molecule has 0 radical (unpaired) electrons. The highest BCUT2D eigenvalue weighted by atomic mass is 127. The first kappa shape index (κ1) is 22.7. The van der Waals surface area contributed by atoms with E-state index in [-0.39, 0.29) is 42.0 Å². The van der Waals surface area contributed by atoms with E-state index in [2.05, 4.69) is 39.7 Å². The van der Waals surface area contributed by atoms with Crippen LogP contribution in [0.15, 0.2) is 4.99 Å². The Morgan fingerprint density at radius 1 is 1.14 bits per heavy atom. The summed E-state index contributed by atoms with van der Waals surface area (Å²) in [6.45, 7) is 14.2. The van der Waals surface area contributed by atoms with Gasteiger partial charge in [0.2, 0.25) is 5.91 Å². The van der Waals surface area contributed by atoms with Crippen molar-refractivity contribution in [3.63, 3.8) is 0 Å². The minimum absolute atomic E-state index is 0. The molecule has 0 unspecified atom stereocenters. The molecule has 21 heavy (non-hydrogen) atoms. The molecule has 0 spiro atoms. The van der Waals surface area contributed by atoms with Crippen LogP contribution in [0, 0.1) is 0 Å². The van der Waals surface area contributed by atoms with E-state index in [1.165, 1.54) is 0 Å². The van der Waals surface area contributed by atoms with Gasteiger partial charge in [-0.05, 0) is 33.9 Å². The molecular weight excluding hydrogens is 381 g/mol. The third-order valence-electron chi connectivity index (χ3n) is 2.77. The Bertz CT molecular complexity index is 311. The summed E-state index contributed by atoms with van der Waals surface area (Å²) in [5.74, 6) is 0.616. The van der Waals surface area contributed by atoms with Crippen LogP contribution in [0.3, 0.4) is 0 Å². The molecule has 0 rings (SSSR count). The third kappa shape index (κ3) is 12.9. The average molecular weight is 413 g/mol. The van der Waals surface area contributed by atoms with Crippen molar-refractivity contribution in [3.8, 4) is 0 Å². The summed E-state index contributed by atoms with van der Waals surface area (Å²) in [5.41, 5.74) is -0.210. The molecule has 0 aliphatic rings. The van der Waals surface area contributed by atoms with Gasteiger partial charge in [-0.25, -0.2) is 0 Å². The number of nitrogens with one attached hydrogen (secondary N) is 3. The van der Waals surface area contributed by atoms with Gasteiger partial charge in [-0.2, -0.15) is 0 Å². The molecule has 0 bridgehead atoms. The van der Waals surface area contributed by atoms with E-state index in [0.29, 0.717) is 5.96 Å². The molecule has 0 aromatic carbocycles. The molecule has 126 valence electrons. The van der Waals surface area contributed by atoms with Crippen LogP contribution in [0.2, 0.25) is 0 Å². The lowest BCUT2D eigenvalue weighted by Gasteiger charge is -2.21. The Balaban J connectivity index is 0. The van der Waals surface area contributed by atoms with Crippen LogP contribution in [0.4, 0.5) is 0 Å². The fraction of sp³-hybridized carbons (Fsp3) is 0.857. The van der Waals surface area contributed by atoms with Crippen molar-refractivity contribution in [1.29, 1.82) is 0 Å². The number of amides is 1. The van der Waals surface area contributed by atoms with Gasteiger partial charge in [0.1, 0.15) is 0 Å². The smallest absolute Gasteiger partial charge is 0.239 e. The fourth-order valence-electron chi connectivity index (χ4n) is 1.72. The topological polar surface area (TPSA) is 68.8 Å². The van der Waals surface area contributed by atoms with Gasteiger partial charge in [0, 0.05) is 25.7 Å². The van der Waals surface area contributed by atoms with E-state index in [1.54, 1.807) is 7.05 Å². The molecule has 3 N–H and O–H groups in total. The average Bonchev–Trinajstić information content (AvgIpc) is 2.36. The molecule has 0 heterocycles. The molecule has 0 atom stereocenters. The number of likely N-dealkylation sites (N-methyl/N-ethyl adjacent to an activating group) is 1. The van der Waals surface area contributed by atoms with E-state index in [1.807, 2.05) is 20.8 Å². The van der Waals surface area contributed by atoms with Crippen molar-refractivity contribution in [3.05, 3.63) is 0 Å². The predicted molar refractivity (Wildman–Crippen MR) is 100 cm³/mol. The molecule has 1 amide bonds. The zero-order valence-electron chi connectivity index (χ0n) is 14.2. The van der Waals surface area contributed by atoms with Crippen LogP contribution in [0.25, 0.3) is 0 Å². The Morgan fingerprint density at radius 2 is 1.71 bits per heavy atom. The highest BCUT2D eigenvalue weighted by Crippen LogP contribution is 1.97. The summed E-state index contributed by atoms with van der Waals surface area (Å²) in [5, 5.41) is 9.11. The van der Waals surface area contributed by atoms with Crippen molar-refractivity contribution in [2.24, 2.45) is 4.99 Å². The quantitative estimate of drug-likeness (QED) is 0.331. The SMILES string of the molecule is CCN(CC)CCNC(=NC)NCC(=O)NC(C)(C)C.I. The molecule has 0 aromatic heterocycles. The number of carbonyl (C=O) groups excluding carboxylic acids is 1. The number of guanidine groups is 1. The number of aliphatic imine (C=N–C) groups is 1. The monoisotopic (exact) mass is 413 g/mol. The Morgan fingerprint density at radius 3 is 2.14 bits per heavy atom. The summed E-state index contributed by atoms with van der Waals surface area (Å²) in [6.07, 6.45) is 0. The van der Waals surface area contributed by atoms with E-state index in [0.717, 1.165) is 26.2 Å². The molecule has 0 fully saturated rings. The van der Waals surface area contributed by atoms with E-state index in [9.17, 15) is 4.79 Å². The number of nitrogens with zero attached hydrogens (tertiary/aromatic N) is 2. The summed E-state index contributed by atoms with van der Waals surface area (Å²) in [6, 6.07) is 0. The normalized spacial score (nSPS) is 11.9. The van der Waals surface area contributed by atoms with Gasteiger partial charge in [-0.1, -0.05) is 13.8 Å². The maximum atomic E-state index is 11.7. The molecule has 0 saturated heterocycles. The summed E-state index contributed by atoms with van der Waals surface area (Å²) in [4.78, 5) is 18.1. The highest BCUT2D eigenvalue weighted by Gasteiger charge is 2.13. The number of carbonyl (C=O) groups is 1. The Kier molecular flexibility index (Phi) is 13.0. The zero-order valence-corrected chi connectivity index (χ0v) is 16.6. The van der Waals surface area contributed by atoms with Gasteiger partial charge in [-0.15, -0.1) is 24.0 Å². The lowest BCUT2D eigenvalue weighted by molar-refractivity contribution is -0.121. The van der Waals surface area contributed by atoms with Crippen LogP contribution in [-0.4, -0.2) is 62.1 Å². The highest BCUT2D eigenvalue weighted by molar-refractivity contribution is 14.0. The predicted octanol–water partition coefficient (Wildman–Crippen LogP) is 1.03. The Labute approximate surface area is 146 Å². The number of halogens is 1. The maximum absolute atomic E-state index is 11.7. The van der Waals surface area contributed by atoms with Gasteiger partial charge >= 0.3 is 0 Å². The summed E-state index contributed by atoms with van der Waals surface area (Å²) in [7, 11) is 1.70. The maximum Gasteiger partial charge on any atom is 0.239 e. The zero-order chi connectivity index (χ0) is 15.6. The van der Waals surface area contributed by atoms with Gasteiger partial charge in [-0.3, -0.25) is 9.79 Å². The van der Waals surface area contributed by atoms with Crippen molar-refractivity contribution in [2.45, 2.75) is 40.2 Å². The minimum Gasteiger partial charge on any atom is -0.355 e. The molecule has 6 nitrogen and oxygen atoms in total. The molecule has 7 heteroatoms. The van der Waals surface area contributed by atoms with E-state index < -0.39 is 0 Å². The second-order valence-corrected chi connectivity index (χ2v) is 5.68. The first-order valence-electron chi connectivity index (χ1n) is 7.30. The van der Waals surface area contributed by atoms with Gasteiger partial charge in [0.25, 0.3) is 0 Å². The standard InChI is InChI=1S/C14H31N5O.HI/c1-7-19(8-2)10-9-16-13(15-6)17-11-12(20)18-14(3,4)5;/h7-11H2,1-6H3,(H,18,20)(H2,15,16,17);1H. The van der Waals surface area contributed by atoms with Crippen molar-refractivity contribution < 1.29 is 4.79 Å². The number of hydrogen-bond acceptors (Lipinski definition) is 3. The van der Waals surface area contributed by atoms with E-state index >= 15 is 0 Å². The van der Waals surface area contributed by atoms with Crippen molar-refractivity contribution in [2.75, 3.05) is 39.8 Å². The minimum atomic E-state index is -0.210. The van der Waals surface area contributed by atoms with Crippen LogP contribution >= 0.6 is 24.0 Å². The number of rotatable bonds is 7. The van der Waals surface area contributed by atoms with Crippen molar-refractivity contribution in [1.82, 2.24) is 20.9 Å². The molecule has 0 aliphatic carbocycles. The van der Waals surface area contributed by atoms with Gasteiger partial charge < -0.3 is 20.9 Å². The largest absolute Gasteiger partial charge is 0.355 e. The third-order valence-corrected chi connectivity index (χ3v) is 2.77. The van der Waals surface area contributed by atoms with Crippen LogP contribution in [0.5, 0.6) is 0 Å². The molecule has 0 saturated carbocycles. The van der Waals surface area contributed by atoms with Gasteiger partial charge in [0.05, 0.1) is 6.54 Å². The van der Waals surface area contributed by atoms with Crippen LogP contribution in [-0.2, 0) is 4.79 Å². The fourth-order valence-corrected chi connectivity index (χ4v) is 1.72. The molecule has 0 aliphatic heterocycles. The van der Waals surface area contributed by atoms with Gasteiger partial charge in [0.15, 0.2) is 5.96 Å². The van der Waals surface area contributed by atoms with Crippen LogP contribution in [0.1, 0.15) is 34.6 Å². The van der Waals surface area contributed by atoms with E-state index in [4.69, 9.17) is 0 Å². The first-order chi connectivity index (χ1) is 9.32. The molecular formula is C14H32IN5O. The Hall–Kier alpha value is -0.570. The summed E-state index contributed by atoms with van der Waals surface area (Å²) < 4.78 is 0. The van der Waals surface area contributed by atoms with Crippen molar-refractivity contribution >= 4 is 35.8 Å². The molecule has 0 aromatic rings. The lowest BCUT2D eigenvalue weighted by atomic mass is 10.1. The second-order valence-electron chi connectivity index (χ2n) is 5.68.